The molecule has 0 spiro atoms. The molecule has 3 N–H and O–H groups in total. The van der Waals surface area contributed by atoms with Gasteiger partial charge in [-0.15, -0.1) is 0 Å². The number of nitrogens with zero attached hydrogens (tertiary/aromatic N) is 1. The first-order valence-corrected chi connectivity index (χ1v) is 6.33. The summed E-state index contributed by atoms with van der Waals surface area (Å²) >= 11 is 0. The van der Waals surface area contributed by atoms with Crippen molar-refractivity contribution in [3.63, 3.8) is 0 Å². The fourth-order valence-electron chi connectivity index (χ4n) is 1.73. The number of hydrogen-bond acceptors (Lipinski definition) is 3. The van der Waals surface area contributed by atoms with Gasteiger partial charge in [-0.1, -0.05) is 6.07 Å². The van der Waals surface area contributed by atoms with E-state index in [9.17, 15) is 4.79 Å². The maximum atomic E-state index is 12.0. The standard InChI is InChI=1S/C14H23N3O/c1-11(6-5-9-15)16-14(18)12-7-4-8-13(10-12)17(2)3/h4,7-8,10-11H,5-6,9,15H2,1-3H3,(H,16,18). The van der Waals surface area contributed by atoms with E-state index in [2.05, 4.69) is 5.32 Å². The molecule has 0 aliphatic rings. The van der Waals surface area contributed by atoms with Crippen molar-refractivity contribution in [2.75, 3.05) is 25.5 Å². The van der Waals surface area contributed by atoms with Crippen LogP contribution in [0.4, 0.5) is 5.69 Å². The van der Waals surface area contributed by atoms with Gasteiger partial charge in [-0.2, -0.15) is 0 Å². The molecule has 18 heavy (non-hydrogen) atoms. The van der Waals surface area contributed by atoms with E-state index in [-0.39, 0.29) is 11.9 Å². The van der Waals surface area contributed by atoms with Gasteiger partial charge in [0.05, 0.1) is 0 Å². The average molecular weight is 249 g/mol. The number of rotatable bonds is 6. The van der Waals surface area contributed by atoms with Gasteiger partial charge < -0.3 is 16.0 Å². The lowest BCUT2D eigenvalue weighted by Crippen LogP contribution is -2.33. The van der Waals surface area contributed by atoms with Crippen molar-refractivity contribution in [3.8, 4) is 0 Å². The minimum atomic E-state index is -0.0248. The summed E-state index contributed by atoms with van der Waals surface area (Å²) in [6.07, 6.45) is 1.84. The van der Waals surface area contributed by atoms with Crippen LogP contribution in [0.2, 0.25) is 0 Å². The lowest BCUT2D eigenvalue weighted by Gasteiger charge is -2.16. The molecule has 4 nitrogen and oxygen atoms in total. The SMILES string of the molecule is CC(CCCN)NC(=O)c1cccc(N(C)C)c1. The third-order valence-electron chi connectivity index (χ3n) is 2.84. The van der Waals surface area contributed by atoms with E-state index >= 15 is 0 Å². The van der Waals surface area contributed by atoms with Crippen molar-refractivity contribution in [2.45, 2.75) is 25.8 Å². The maximum absolute atomic E-state index is 12.0. The first kappa shape index (κ1) is 14.5. The van der Waals surface area contributed by atoms with E-state index < -0.39 is 0 Å². The Bertz CT molecular complexity index is 390. The molecule has 1 unspecified atom stereocenters. The van der Waals surface area contributed by atoms with Gasteiger partial charge >= 0.3 is 0 Å². The molecule has 0 saturated carbocycles. The number of carbonyl (C=O) groups is 1. The molecule has 1 aromatic carbocycles. The Labute approximate surface area is 109 Å². The molecule has 0 aromatic heterocycles. The van der Waals surface area contributed by atoms with Crippen molar-refractivity contribution < 1.29 is 4.79 Å². The smallest absolute Gasteiger partial charge is 0.251 e. The van der Waals surface area contributed by atoms with Crippen LogP contribution in [0.15, 0.2) is 24.3 Å². The molecular weight excluding hydrogens is 226 g/mol. The van der Waals surface area contributed by atoms with E-state index in [0.29, 0.717) is 12.1 Å². The highest BCUT2D eigenvalue weighted by Gasteiger charge is 2.10. The molecule has 1 atom stereocenters. The molecule has 0 aliphatic carbocycles. The van der Waals surface area contributed by atoms with Crippen LogP contribution < -0.4 is 16.0 Å². The van der Waals surface area contributed by atoms with E-state index in [4.69, 9.17) is 5.73 Å². The molecule has 0 fully saturated rings. The number of hydrogen-bond donors (Lipinski definition) is 2. The third-order valence-corrected chi connectivity index (χ3v) is 2.84. The van der Waals surface area contributed by atoms with Gasteiger partial charge in [0.25, 0.3) is 5.91 Å². The predicted molar refractivity (Wildman–Crippen MR) is 76.0 cm³/mol. The highest BCUT2D eigenvalue weighted by Crippen LogP contribution is 2.13. The number of nitrogens with one attached hydrogen (secondary N) is 1. The van der Waals surface area contributed by atoms with Crippen LogP contribution in [0.5, 0.6) is 0 Å². The van der Waals surface area contributed by atoms with Crippen molar-refractivity contribution in [3.05, 3.63) is 29.8 Å². The molecule has 1 aromatic rings. The molecule has 0 bridgehead atoms. The van der Waals surface area contributed by atoms with Crippen LogP contribution in [0, 0.1) is 0 Å². The topological polar surface area (TPSA) is 58.4 Å². The van der Waals surface area contributed by atoms with Crippen molar-refractivity contribution >= 4 is 11.6 Å². The van der Waals surface area contributed by atoms with Gasteiger partial charge in [-0.3, -0.25) is 4.79 Å². The van der Waals surface area contributed by atoms with Crippen molar-refractivity contribution in [2.24, 2.45) is 5.73 Å². The van der Waals surface area contributed by atoms with E-state index in [1.54, 1.807) is 0 Å². The van der Waals surface area contributed by atoms with Gasteiger partial charge in [0.2, 0.25) is 0 Å². The normalized spacial score (nSPS) is 12.0. The van der Waals surface area contributed by atoms with Gasteiger partial charge in [-0.05, 0) is 44.5 Å². The Kier molecular flexibility index (Phi) is 5.65. The lowest BCUT2D eigenvalue weighted by atomic mass is 10.1. The van der Waals surface area contributed by atoms with Crippen LogP contribution in [0.3, 0.4) is 0 Å². The number of nitrogens with two attached hydrogens (primary N) is 1. The summed E-state index contributed by atoms with van der Waals surface area (Å²) in [5.41, 5.74) is 7.17. The zero-order valence-electron chi connectivity index (χ0n) is 11.4. The molecule has 1 rings (SSSR count). The van der Waals surface area contributed by atoms with Crippen LogP contribution in [-0.2, 0) is 0 Å². The average Bonchev–Trinajstić information content (AvgIpc) is 2.36. The van der Waals surface area contributed by atoms with E-state index in [0.717, 1.165) is 18.5 Å². The number of amides is 1. The summed E-state index contributed by atoms with van der Waals surface area (Å²) in [6.45, 7) is 2.67. The maximum Gasteiger partial charge on any atom is 0.251 e. The van der Waals surface area contributed by atoms with Crippen LogP contribution in [-0.4, -0.2) is 32.6 Å². The molecule has 0 radical (unpaired) electrons. The number of benzene rings is 1. The Morgan fingerprint density at radius 1 is 1.44 bits per heavy atom. The fourth-order valence-corrected chi connectivity index (χ4v) is 1.73. The van der Waals surface area contributed by atoms with Crippen molar-refractivity contribution in [1.29, 1.82) is 0 Å². The second kappa shape index (κ2) is 7.01. The molecule has 0 aliphatic heterocycles. The van der Waals surface area contributed by atoms with Gasteiger partial charge in [0.15, 0.2) is 0 Å². The molecular formula is C14H23N3O. The summed E-state index contributed by atoms with van der Waals surface area (Å²) in [7, 11) is 3.92. The Balaban J connectivity index is 2.63. The Morgan fingerprint density at radius 3 is 2.78 bits per heavy atom. The number of carbonyl (C=O) groups excluding carboxylic acids is 1. The summed E-state index contributed by atoms with van der Waals surface area (Å²) < 4.78 is 0. The summed E-state index contributed by atoms with van der Waals surface area (Å²) in [4.78, 5) is 14.0. The van der Waals surface area contributed by atoms with Crippen molar-refractivity contribution in [1.82, 2.24) is 5.32 Å². The zero-order chi connectivity index (χ0) is 13.5. The second-order valence-electron chi connectivity index (χ2n) is 4.75. The van der Waals surface area contributed by atoms with Crippen LogP contribution in [0.25, 0.3) is 0 Å². The lowest BCUT2D eigenvalue weighted by molar-refractivity contribution is 0.0938. The zero-order valence-corrected chi connectivity index (χ0v) is 11.4. The third kappa shape index (κ3) is 4.37. The predicted octanol–water partition coefficient (Wildman–Crippen LogP) is 1.61. The monoisotopic (exact) mass is 249 g/mol. The molecule has 100 valence electrons. The minimum Gasteiger partial charge on any atom is -0.378 e. The first-order chi connectivity index (χ1) is 8.54. The first-order valence-electron chi connectivity index (χ1n) is 6.33. The molecule has 0 saturated heterocycles. The second-order valence-corrected chi connectivity index (χ2v) is 4.75. The largest absolute Gasteiger partial charge is 0.378 e. The summed E-state index contributed by atoms with van der Waals surface area (Å²) in [5.74, 6) is -0.0248. The van der Waals surface area contributed by atoms with Gasteiger partial charge in [0.1, 0.15) is 0 Å². The van der Waals surface area contributed by atoms with E-state index in [1.165, 1.54) is 0 Å². The Hall–Kier alpha value is -1.55. The quantitative estimate of drug-likeness (QED) is 0.805. The number of anilines is 1. The van der Waals surface area contributed by atoms with Crippen LogP contribution >= 0.6 is 0 Å². The van der Waals surface area contributed by atoms with Gasteiger partial charge in [0, 0.05) is 31.4 Å². The molecule has 4 heteroatoms. The highest BCUT2D eigenvalue weighted by molar-refractivity contribution is 5.95. The minimum absolute atomic E-state index is 0.0248. The van der Waals surface area contributed by atoms with Crippen LogP contribution in [0.1, 0.15) is 30.1 Å². The van der Waals surface area contributed by atoms with Gasteiger partial charge in [-0.25, -0.2) is 0 Å². The molecule has 0 heterocycles. The fraction of sp³-hybridized carbons (Fsp3) is 0.500. The summed E-state index contributed by atoms with van der Waals surface area (Å²) in [5, 5.41) is 2.98. The summed E-state index contributed by atoms with van der Waals surface area (Å²) in [6, 6.07) is 7.76. The molecule has 1 amide bonds. The highest BCUT2D eigenvalue weighted by atomic mass is 16.1. The van der Waals surface area contributed by atoms with E-state index in [1.807, 2.05) is 50.2 Å². The Morgan fingerprint density at radius 2 is 2.17 bits per heavy atom.